The zero-order valence-electron chi connectivity index (χ0n) is 36.2. The maximum atomic E-state index is 15.1. The molecule has 2 aliphatic heterocycles. The lowest BCUT2D eigenvalue weighted by atomic mass is 9.40. The molecule has 19 atom stereocenters. The van der Waals surface area contributed by atoms with Crippen LogP contribution in [0.2, 0.25) is 0 Å². The Morgan fingerprint density at radius 1 is 0.948 bits per heavy atom. The fraction of sp³-hybridized carbons (Fsp3) is 0.957. The zero-order valence-corrected chi connectivity index (χ0v) is 36.2. The smallest absolute Gasteiger partial charge is 0.180 e. The molecule has 11 heteroatoms. The van der Waals surface area contributed by atoms with Gasteiger partial charge in [-0.2, -0.15) is 0 Å². The van der Waals surface area contributed by atoms with E-state index in [1.165, 1.54) is 19.3 Å². The van der Waals surface area contributed by atoms with E-state index in [9.17, 15) is 30.6 Å². The number of nitrogens with two attached hydrogens (primary N) is 1. The number of aliphatic imine (C=N–C) groups is 1. The molecular formula is C47H79N3O8. The summed E-state index contributed by atoms with van der Waals surface area (Å²) in [7, 11) is 0. The van der Waals surface area contributed by atoms with Crippen LogP contribution in [0.25, 0.3) is 0 Å². The highest BCUT2D eigenvalue weighted by Crippen LogP contribution is 2.71. The van der Waals surface area contributed by atoms with E-state index in [0.29, 0.717) is 56.1 Å². The van der Waals surface area contributed by atoms with Crippen LogP contribution in [-0.2, 0) is 9.53 Å². The van der Waals surface area contributed by atoms with Gasteiger partial charge in [0.2, 0.25) is 0 Å². The Morgan fingerprint density at radius 3 is 2.43 bits per heavy atom. The Labute approximate surface area is 347 Å². The molecule has 0 spiro atoms. The first kappa shape index (κ1) is 43.6. The van der Waals surface area contributed by atoms with Crippen LogP contribution in [0.4, 0.5) is 0 Å². The van der Waals surface area contributed by atoms with Crippen LogP contribution in [0.15, 0.2) is 4.99 Å². The van der Waals surface area contributed by atoms with Gasteiger partial charge in [-0.1, -0.05) is 46.0 Å². The number of piperidine rings is 1. The molecule has 8 fully saturated rings. The van der Waals surface area contributed by atoms with E-state index in [0.717, 1.165) is 70.3 Å². The summed E-state index contributed by atoms with van der Waals surface area (Å²) in [6, 6.07) is 0. The number of aliphatic hydroxyl groups excluding tert-OH is 3. The summed E-state index contributed by atoms with van der Waals surface area (Å²) in [6.45, 7) is 8.66. The van der Waals surface area contributed by atoms with Gasteiger partial charge < -0.3 is 46.4 Å². The van der Waals surface area contributed by atoms with Gasteiger partial charge in [0.15, 0.2) is 5.78 Å². The first-order chi connectivity index (χ1) is 27.5. The van der Waals surface area contributed by atoms with Crippen molar-refractivity contribution in [3.05, 3.63) is 0 Å². The van der Waals surface area contributed by atoms with Crippen molar-refractivity contribution >= 4 is 11.5 Å². The standard InChI is InChI=1S/C47H79N3O8/c1-5-8-28-10-13-30-31-9-6-7-19-47(57,42(31)58-36(30)14-11-28)44(4,55)37-18-22-46(56)39-32(17-20-43(37,46)3)45(21-16-29-12-15-38(48)49-26-29)24-35(53)34(52)23-33(45)41(54)40(39)50-25-27(2)51/h27-39,42,49,51-53,55-57H,5-26,48H2,1-4H3. The van der Waals surface area contributed by atoms with E-state index in [1.54, 1.807) is 6.92 Å². The third-order valence-electron chi connectivity index (χ3n) is 18.9. The molecule has 0 amide bonds. The molecule has 6 aliphatic carbocycles. The molecule has 2 saturated heterocycles. The number of hydrogen-bond donors (Lipinski definition) is 8. The Kier molecular flexibility index (Phi) is 12.2. The number of fused-ring (bicyclic) bond motifs is 8. The first-order valence-electron chi connectivity index (χ1n) is 23.9. The van der Waals surface area contributed by atoms with Crippen molar-refractivity contribution in [2.45, 2.75) is 210 Å². The fourth-order valence-corrected chi connectivity index (χ4v) is 15.8. The Balaban J connectivity index is 1.14. The summed E-state index contributed by atoms with van der Waals surface area (Å²) in [5.41, 5.74) is 0.435. The maximum Gasteiger partial charge on any atom is 0.180 e. The number of carbonyl (C=O) groups excluding carboxylic acids is 1. The van der Waals surface area contributed by atoms with Crippen molar-refractivity contribution in [3.63, 3.8) is 0 Å². The van der Waals surface area contributed by atoms with Gasteiger partial charge in [0.1, 0.15) is 5.60 Å². The van der Waals surface area contributed by atoms with E-state index in [4.69, 9.17) is 15.5 Å². The monoisotopic (exact) mass is 814 g/mol. The molecule has 330 valence electrons. The van der Waals surface area contributed by atoms with Gasteiger partial charge in [0.05, 0.1) is 60.1 Å². The number of carbonyl (C=O) groups is 1. The highest BCUT2D eigenvalue weighted by atomic mass is 16.5. The second-order valence-electron chi connectivity index (χ2n) is 21.9. The van der Waals surface area contributed by atoms with Crippen molar-refractivity contribution in [2.24, 2.45) is 68.9 Å². The molecule has 11 nitrogen and oxygen atoms in total. The van der Waals surface area contributed by atoms with Gasteiger partial charge >= 0.3 is 0 Å². The van der Waals surface area contributed by atoms with E-state index in [-0.39, 0.29) is 49.3 Å². The lowest BCUT2D eigenvalue weighted by Gasteiger charge is -2.65. The number of ketones is 1. The zero-order chi connectivity index (χ0) is 41.4. The summed E-state index contributed by atoms with van der Waals surface area (Å²) < 4.78 is 7.04. The summed E-state index contributed by atoms with van der Waals surface area (Å²) in [5, 5.41) is 76.6. The fourth-order valence-electron chi connectivity index (χ4n) is 15.8. The number of nitrogens with zero attached hydrogens (tertiary/aromatic N) is 1. The molecule has 0 radical (unpaired) electrons. The topological polar surface area (TPSA) is 198 Å². The number of Topliss-reactive ketones (excluding diaryl/α,β-unsaturated/α-hetero) is 1. The molecule has 8 rings (SSSR count). The number of hydrogen-bond acceptors (Lipinski definition) is 11. The molecule has 0 bridgehead atoms. The second-order valence-corrected chi connectivity index (χ2v) is 21.9. The minimum Gasteiger partial charge on any atom is -0.391 e. The van der Waals surface area contributed by atoms with Gasteiger partial charge in [-0.3, -0.25) is 9.79 Å². The van der Waals surface area contributed by atoms with E-state index < -0.39 is 69.8 Å². The van der Waals surface area contributed by atoms with Crippen molar-refractivity contribution in [1.29, 1.82) is 0 Å². The van der Waals surface area contributed by atoms with Crippen LogP contribution in [0, 0.1) is 58.2 Å². The van der Waals surface area contributed by atoms with Crippen LogP contribution in [0.5, 0.6) is 0 Å². The molecule has 9 N–H and O–H groups in total. The minimum atomic E-state index is -1.59. The molecule has 58 heavy (non-hydrogen) atoms. The molecule has 8 aliphatic rings. The largest absolute Gasteiger partial charge is 0.391 e. The molecule has 6 saturated carbocycles. The highest BCUT2D eigenvalue weighted by molar-refractivity contribution is 6.42. The lowest BCUT2D eigenvalue weighted by Crippen LogP contribution is -2.72. The van der Waals surface area contributed by atoms with Crippen LogP contribution < -0.4 is 11.1 Å². The SMILES string of the molecule is CCCC1CCC2OC3C(CCCCC3(O)C(C)(O)C3CCC4(O)C5C(=NCC(C)O)C(=O)C6CC(O)C(O)CC6(CCC6CCC(N)NC6)C5CCC34C)C2CC1. The highest BCUT2D eigenvalue weighted by Gasteiger charge is 2.75. The summed E-state index contributed by atoms with van der Waals surface area (Å²) in [4.78, 5) is 20.0. The van der Waals surface area contributed by atoms with Gasteiger partial charge in [-0.15, -0.1) is 0 Å². The molecule has 0 aromatic carbocycles. The van der Waals surface area contributed by atoms with Crippen molar-refractivity contribution in [3.8, 4) is 0 Å². The predicted molar refractivity (Wildman–Crippen MR) is 223 cm³/mol. The quantitative estimate of drug-likeness (QED) is 0.160. The number of rotatable bonds is 9. The number of nitrogens with one attached hydrogen (secondary N) is 1. The minimum absolute atomic E-state index is 0.0194. The summed E-state index contributed by atoms with van der Waals surface area (Å²) in [6.07, 6.45) is 12.9. The summed E-state index contributed by atoms with van der Waals surface area (Å²) in [5.74, 6) is -0.401. The number of ether oxygens (including phenoxy) is 1. The molecule has 19 unspecified atom stereocenters. The van der Waals surface area contributed by atoms with Crippen molar-refractivity contribution in [2.75, 3.05) is 13.1 Å². The summed E-state index contributed by atoms with van der Waals surface area (Å²) >= 11 is 0. The molecule has 2 heterocycles. The maximum absolute atomic E-state index is 15.1. The van der Waals surface area contributed by atoms with Gasteiger partial charge in [-0.25, -0.2) is 0 Å². The van der Waals surface area contributed by atoms with Gasteiger partial charge in [0, 0.05) is 17.3 Å². The van der Waals surface area contributed by atoms with Crippen LogP contribution in [-0.4, -0.2) is 109 Å². The Hall–Kier alpha value is -1.02. The van der Waals surface area contributed by atoms with E-state index in [2.05, 4.69) is 19.2 Å². The Bertz CT molecular complexity index is 1520. The van der Waals surface area contributed by atoms with Crippen LogP contribution >= 0.6 is 0 Å². The average Bonchev–Trinajstić information content (AvgIpc) is 3.52. The van der Waals surface area contributed by atoms with E-state index >= 15 is 4.79 Å². The van der Waals surface area contributed by atoms with Crippen molar-refractivity contribution in [1.82, 2.24) is 5.32 Å². The third-order valence-corrected chi connectivity index (χ3v) is 18.9. The van der Waals surface area contributed by atoms with E-state index in [1.807, 2.05) is 6.92 Å². The average molecular weight is 814 g/mol. The van der Waals surface area contributed by atoms with Crippen LogP contribution in [0.3, 0.4) is 0 Å². The molecular weight excluding hydrogens is 735 g/mol. The first-order valence-corrected chi connectivity index (χ1v) is 23.9. The lowest BCUT2D eigenvalue weighted by molar-refractivity contribution is -0.261. The normalized spacial score (nSPS) is 51.7. The van der Waals surface area contributed by atoms with Crippen LogP contribution in [0.1, 0.15) is 156 Å². The second kappa shape index (κ2) is 16.3. The van der Waals surface area contributed by atoms with Crippen molar-refractivity contribution < 1.29 is 40.2 Å². The number of aliphatic hydroxyl groups is 6. The Morgan fingerprint density at radius 2 is 1.71 bits per heavy atom. The third kappa shape index (κ3) is 6.94. The molecule has 0 aromatic heterocycles. The predicted octanol–water partition coefficient (Wildman–Crippen LogP) is 4.79. The van der Waals surface area contributed by atoms with Gasteiger partial charge in [-0.05, 0) is 158 Å². The molecule has 0 aromatic rings. The van der Waals surface area contributed by atoms with Gasteiger partial charge in [0.25, 0.3) is 0 Å².